The first-order valence-corrected chi connectivity index (χ1v) is 28.9. The van der Waals surface area contributed by atoms with Crippen molar-refractivity contribution in [3.8, 4) is 67.3 Å². The summed E-state index contributed by atoms with van der Waals surface area (Å²) in [6.07, 6.45) is 0. The van der Waals surface area contributed by atoms with Crippen LogP contribution in [0, 0.1) is 0 Å². The lowest BCUT2D eigenvalue weighted by Gasteiger charge is -2.38. The number of rotatable bonds is 6. The predicted molar refractivity (Wildman–Crippen MR) is 346 cm³/mol. The van der Waals surface area contributed by atoms with Gasteiger partial charge in [-0.1, -0.05) is 206 Å². The Hall–Kier alpha value is -10.9. The fraction of sp³-hybridized carbons (Fsp3) is 0.0127. The number of para-hydroxylation sites is 4. The minimum absolute atomic E-state index is 0.188. The van der Waals surface area contributed by atoms with Crippen LogP contribution in [-0.2, 0) is 0 Å². The largest absolute Gasteiger partial charge is 0.308 e. The lowest BCUT2D eigenvalue weighted by Crippen LogP contribution is -2.24. The molecule has 2 aliphatic heterocycles. The molecule has 1 unspecified atom stereocenters. The van der Waals surface area contributed by atoms with Crippen molar-refractivity contribution in [3.05, 3.63) is 302 Å². The maximum atomic E-state index is 2.71. The van der Waals surface area contributed by atoms with Gasteiger partial charge in [0.2, 0.25) is 0 Å². The molecule has 384 valence electrons. The normalized spacial score (nSPS) is 13.4. The van der Waals surface area contributed by atoms with E-state index in [4.69, 9.17) is 0 Å². The van der Waals surface area contributed by atoms with Crippen LogP contribution >= 0.6 is 0 Å². The van der Waals surface area contributed by atoms with E-state index in [1.807, 2.05) is 0 Å². The van der Waals surface area contributed by atoms with Gasteiger partial charge in [-0.3, -0.25) is 0 Å². The zero-order valence-electron chi connectivity index (χ0n) is 45.0. The third-order valence-electron chi connectivity index (χ3n) is 18.5. The molecule has 1 atom stereocenters. The molecule has 4 heteroatoms. The Morgan fingerprint density at radius 3 is 1.00 bits per heavy atom. The van der Waals surface area contributed by atoms with Crippen LogP contribution in [0.25, 0.3) is 154 Å². The van der Waals surface area contributed by atoms with Gasteiger partial charge in [-0.25, -0.2) is 0 Å². The highest BCUT2D eigenvalue weighted by Gasteiger charge is 2.42. The van der Waals surface area contributed by atoms with Crippen LogP contribution in [0.4, 0.5) is 0 Å². The minimum Gasteiger partial charge on any atom is -0.308 e. The van der Waals surface area contributed by atoms with Gasteiger partial charge in [0.15, 0.2) is 0 Å². The van der Waals surface area contributed by atoms with Crippen molar-refractivity contribution in [1.29, 1.82) is 0 Å². The molecule has 13 aromatic carbocycles. The van der Waals surface area contributed by atoms with Crippen LogP contribution in [0.3, 0.4) is 0 Å². The summed E-state index contributed by atoms with van der Waals surface area (Å²) < 4.78 is 10.6. The number of hydrogen-bond donors (Lipinski definition) is 0. The number of benzene rings is 13. The monoisotopic (exact) mass is 1050 g/mol. The van der Waals surface area contributed by atoms with Crippen LogP contribution in [0.2, 0.25) is 0 Å². The van der Waals surface area contributed by atoms with E-state index in [0.29, 0.717) is 0 Å². The lowest BCUT2D eigenvalue weighted by molar-refractivity contribution is 0.872. The highest BCUT2D eigenvalue weighted by Crippen LogP contribution is 2.59. The van der Waals surface area contributed by atoms with E-state index in [1.165, 1.54) is 138 Å². The van der Waals surface area contributed by atoms with Crippen LogP contribution in [0.1, 0.15) is 22.6 Å². The summed E-state index contributed by atoms with van der Waals surface area (Å²) in [5.74, 6) is -0.188. The molecule has 0 saturated heterocycles. The van der Waals surface area contributed by atoms with Gasteiger partial charge in [0, 0.05) is 54.6 Å². The second kappa shape index (κ2) is 16.8. The van der Waals surface area contributed by atoms with Gasteiger partial charge < -0.3 is 18.3 Å². The quantitative estimate of drug-likeness (QED) is 0.158. The molecule has 2 aliphatic rings. The van der Waals surface area contributed by atoms with Gasteiger partial charge in [0.25, 0.3) is 0 Å². The van der Waals surface area contributed by atoms with Gasteiger partial charge >= 0.3 is 0 Å². The Morgan fingerprint density at radius 1 is 0.205 bits per heavy atom. The molecule has 0 spiro atoms. The van der Waals surface area contributed by atoms with E-state index in [-0.39, 0.29) is 5.92 Å². The fourth-order valence-corrected chi connectivity index (χ4v) is 15.1. The number of fused-ring (bicyclic) bond motifs is 16. The van der Waals surface area contributed by atoms with E-state index in [9.17, 15) is 0 Å². The summed E-state index contributed by atoms with van der Waals surface area (Å²) in [4.78, 5) is 0. The number of nitrogens with zero attached hydrogens (tertiary/aromatic N) is 4. The summed E-state index contributed by atoms with van der Waals surface area (Å²) in [6, 6.07) is 107. The van der Waals surface area contributed by atoms with Gasteiger partial charge in [0.05, 0.1) is 66.9 Å². The first-order chi connectivity index (χ1) is 41.2. The smallest absolute Gasteiger partial charge is 0.0951 e. The Morgan fingerprint density at radius 2 is 0.554 bits per heavy atom. The summed E-state index contributed by atoms with van der Waals surface area (Å²) in [5, 5.41) is 9.85. The van der Waals surface area contributed by atoms with E-state index in [1.54, 1.807) is 0 Å². The van der Waals surface area contributed by atoms with Crippen molar-refractivity contribution in [3.63, 3.8) is 0 Å². The Kier molecular flexibility index (Phi) is 9.08. The minimum atomic E-state index is -0.188. The molecule has 19 rings (SSSR count). The van der Waals surface area contributed by atoms with Crippen molar-refractivity contribution >= 4 is 87.2 Å². The second-order valence-electron chi connectivity index (χ2n) is 22.7. The number of hydrogen-bond acceptors (Lipinski definition) is 0. The molecule has 0 radical (unpaired) electrons. The first kappa shape index (κ1) is 44.9. The number of aromatic nitrogens is 4. The first-order valence-electron chi connectivity index (χ1n) is 28.9. The van der Waals surface area contributed by atoms with Crippen LogP contribution in [0.15, 0.2) is 285 Å². The molecule has 17 aromatic rings. The van der Waals surface area contributed by atoms with Crippen molar-refractivity contribution in [1.82, 2.24) is 18.3 Å². The molecule has 0 fully saturated rings. The SMILES string of the molecule is c1ccc(-c2ccc3c(c2)c2cc(-c4ccccc4)cc4c2n3-c2cc(-n3c5ccccc5c5ccccc53)c(-n3c5ccccc5c5ccccc53)c3c2C4c2cc(-c4ccccc4)cc4c5cc(-c6ccccc6)ccc5n-3c24)cc1. The Labute approximate surface area is 477 Å². The maximum Gasteiger partial charge on any atom is 0.0951 e. The molecule has 0 saturated carbocycles. The molecule has 4 nitrogen and oxygen atoms in total. The van der Waals surface area contributed by atoms with Crippen molar-refractivity contribution in [2.75, 3.05) is 0 Å². The Bertz CT molecular complexity index is 5490. The van der Waals surface area contributed by atoms with Crippen molar-refractivity contribution in [2.24, 2.45) is 0 Å². The van der Waals surface area contributed by atoms with Crippen molar-refractivity contribution < 1.29 is 0 Å². The van der Waals surface area contributed by atoms with Crippen LogP contribution in [-0.4, -0.2) is 18.3 Å². The summed E-state index contributed by atoms with van der Waals surface area (Å²) >= 11 is 0. The Balaban J connectivity index is 1.09. The lowest BCUT2D eigenvalue weighted by atomic mass is 9.76. The third-order valence-corrected chi connectivity index (χ3v) is 18.5. The van der Waals surface area contributed by atoms with Gasteiger partial charge in [0.1, 0.15) is 0 Å². The molecule has 0 aliphatic carbocycles. The predicted octanol–water partition coefficient (Wildman–Crippen LogP) is 20.6. The molecule has 83 heavy (non-hydrogen) atoms. The van der Waals surface area contributed by atoms with E-state index < -0.39 is 0 Å². The summed E-state index contributed by atoms with van der Waals surface area (Å²) in [6.45, 7) is 0. The molecule has 0 N–H and O–H groups in total. The zero-order chi connectivity index (χ0) is 54.0. The van der Waals surface area contributed by atoms with Gasteiger partial charge in [-0.05, 0) is 134 Å². The average molecular weight is 1050 g/mol. The second-order valence-corrected chi connectivity index (χ2v) is 22.7. The standard InChI is InChI=1S/C79H48N4/c1-5-21-48(22-6-1)52-37-39-70-60(41-52)62-43-54(50-25-9-3-10-26-50)45-64-74-65-46-55(51-27-11-4-12-28-51)44-63-61-42-53(49-23-7-2-8-24-49)38-40-71(61)83(77(63)65)79-75(74)72(82(70)76(62)64)47-73(80-66-33-17-13-29-56(66)57-30-14-18-34-67(57)80)78(79)81-68-35-19-15-31-58(68)59-32-16-20-36-69(59)81/h1-47,74H. The molecule has 0 amide bonds. The molecular weight excluding hydrogens is 1000 g/mol. The van der Waals surface area contributed by atoms with E-state index >= 15 is 0 Å². The topological polar surface area (TPSA) is 19.7 Å². The zero-order valence-corrected chi connectivity index (χ0v) is 45.0. The third kappa shape index (κ3) is 6.13. The summed E-state index contributed by atoms with van der Waals surface area (Å²) in [7, 11) is 0. The highest BCUT2D eigenvalue weighted by molar-refractivity contribution is 6.19. The summed E-state index contributed by atoms with van der Waals surface area (Å²) in [5.41, 5.74) is 27.6. The molecular formula is C79H48N4. The molecule has 4 aromatic heterocycles. The van der Waals surface area contributed by atoms with E-state index in [2.05, 4.69) is 303 Å². The van der Waals surface area contributed by atoms with Gasteiger partial charge in [-0.15, -0.1) is 0 Å². The van der Waals surface area contributed by atoms with Crippen molar-refractivity contribution in [2.45, 2.75) is 5.92 Å². The highest BCUT2D eigenvalue weighted by atomic mass is 15.1. The van der Waals surface area contributed by atoms with Crippen LogP contribution in [0.5, 0.6) is 0 Å². The molecule has 6 heterocycles. The van der Waals surface area contributed by atoms with Crippen LogP contribution < -0.4 is 0 Å². The van der Waals surface area contributed by atoms with E-state index in [0.717, 1.165) is 33.4 Å². The average Bonchev–Trinajstić information content (AvgIpc) is 1.68. The fourth-order valence-electron chi connectivity index (χ4n) is 15.1. The maximum absolute atomic E-state index is 2.71. The van der Waals surface area contributed by atoms with Gasteiger partial charge in [-0.2, -0.15) is 0 Å². The molecule has 0 bridgehead atoms.